The van der Waals surface area contributed by atoms with Gasteiger partial charge in [0.1, 0.15) is 0 Å². The lowest BCUT2D eigenvalue weighted by molar-refractivity contribution is -0.139. The van der Waals surface area contributed by atoms with E-state index < -0.39 is 0 Å². The summed E-state index contributed by atoms with van der Waals surface area (Å²) in [5.41, 5.74) is 2.55. The molecule has 1 aromatic rings. The molecule has 1 amide bonds. The van der Waals surface area contributed by atoms with Gasteiger partial charge in [-0.25, -0.2) is 0 Å². The molecule has 1 rings (SSSR count). The highest BCUT2D eigenvalue weighted by atomic mass is 16.2. The SMILES string of the molecule is Cc1ccccc1CN(C)[C@@H](C)C(=O)N(C(C)C)C(C)C. The van der Waals surface area contributed by atoms with Gasteiger partial charge in [-0.15, -0.1) is 0 Å². The lowest BCUT2D eigenvalue weighted by Gasteiger charge is -2.36. The lowest BCUT2D eigenvalue weighted by Crippen LogP contribution is -2.50. The summed E-state index contributed by atoms with van der Waals surface area (Å²) in [6, 6.07) is 8.69. The summed E-state index contributed by atoms with van der Waals surface area (Å²) in [6.45, 7) is 13.2. The Kier molecular flexibility index (Phi) is 6.41. The molecule has 0 aliphatic carbocycles. The molecule has 0 aliphatic heterocycles. The fraction of sp³-hybridized carbons (Fsp3) is 0.611. The van der Waals surface area contributed by atoms with Crippen molar-refractivity contribution in [1.29, 1.82) is 0 Å². The second kappa shape index (κ2) is 7.60. The monoisotopic (exact) mass is 290 g/mol. The molecule has 3 heteroatoms. The third kappa shape index (κ3) is 4.57. The molecule has 0 radical (unpaired) electrons. The standard InChI is InChI=1S/C18H30N2O/c1-13(2)20(14(3)4)18(21)16(6)19(7)12-17-11-9-8-10-15(17)5/h8-11,13-14,16H,12H2,1-7H3/t16-/m0/s1. The Morgan fingerprint density at radius 1 is 1.05 bits per heavy atom. The van der Waals surface area contributed by atoms with Crippen LogP contribution in [0.4, 0.5) is 0 Å². The van der Waals surface area contributed by atoms with Crippen molar-refractivity contribution in [2.45, 2.75) is 66.2 Å². The number of hydrogen-bond donors (Lipinski definition) is 0. The topological polar surface area (TPSA) is 23.6 Å². The molecule has 0 bridgehead atoms. The zero-order valence-electron chi connectivity index (χ0n) is 14.6. The predicted molar refractivity (Wildman–Crippen MR) is 89.2 cm³/mol. The van der Waals surface area contributed by atoms with Crippen LogP contribution < -0.4 is 0 Å². The van der Waals surface area contributed by atoms with E-state index in [4.69, 9.17) is 0 Å². The molecule has 1 aromatic carbocycles. The first-order chi connectivity index (χ1) is 9.75. The van der Waals surface area contributed by atoms with Gasteiger partial charge in [-0.3, -0.25) is 9.69 Å². The minimum Gasteiger partial charge on any atom is -0.336 e. The Labute approximate surface area is 129 Å². The van der Waals surface area contributed by atoms with Crippen molar-refractivity contribution >= 4 is 5.91 Å². The smallest absolute Gasteiger partial charge is 0.240 e. The predicted octanol–water partition coefficient (Wildman–Crippen LogP) is 3.46. The van der Waals surface area contributed by atoms with Gasteiger partial charge in [0.25, 0.3) is 0 Å². The van der Waals surface area contributed by atoms with Gasteiger partial charge in [0.05, 0.1) is 6.04 Å². The van der Waals surface area contributed by atoms with Crippen LogP contribution in [0.5, 0.6) is 0 Å². The molecule has 0 heterocycles. The first-order valence-electron chi connectivity index (χ1n) is 7.82. The Hall–Kier alpha value is -1.35. The molecule has 1 atom stereocenters. The Morgan fingerprint density at radius 3 is 2.05 bits per heavy atom. The van der Waals surface area contributed by atoms with E-state index in [1.807, 2.05) is 24.9 Å². The van der Waals surface area contributed by atoms with Gasteiger partial charge >= 0.3 is 0 Å². The summed E-state index contributed by atoms with van der Waals surface area (Å²) in [6.07, 6.45) is 0. The molecule has 0 saturated carbocycles. The molecule has 3 nitrogen and oxygen atoms in total. The third-order valence-corrected chi connectivity index (χ3v) is 4.07. The summed E-state index contributed by atoms with van der Waals surface area (Å²) >= 11 is 0. The average molecular weight is 290 g/mol. The number of rotatable bonds is 6. The maximum atomic E-state index is 12.7. The van der Waals surface area contributed by atoms with Gasteiger partial charge in [-0.2, -0.15) is 0 Å². The molecule has 0 saturated heterocycles. The first kappa shape index (κ1) is 17.7. The zero-order valence-corrected chi connectivity index (χ0v) is 14.6. The first-order valence-corrected chi connectivity index (χ1v) is 7.82. The molecular formula is C18H30N2O. The number of aryl methyl sites for hydroxylation is 1. The molecule has 0 N–H and O–H groups in total. The maximum absolute atomic E-state index is 12.7. The average Bonchev–Trinajstić information content (AvgIpc) is 2.39. The summed E-state index contributed by atoms with van der Waals surface area (Å²) in [4.78, 5) is 16.8. The van der Waals surface area contributed by atoms with E-state index in [1.165, 1.54) is 11.1 Å². The number of likely N-dealkylation sites (N-methyl/N-ethyl adjacent to an activating group) is 1. The number of carbonyl (C=O) groups excluding carboxylic acids is 1. The molecule has 118 valence electrons. The maximum Gasteiger partial charge on any atom is 0.240 e. The fourth-order valence-electron chi connectivity index (χ4n) is 2.70. The minimum atomic E-state index is -0.116. The minimum absolute atomic E-state index is 0.116. The van der Waals surface area contributed by atoms with E-state index in [1.54, 1.807) is 0 Å². The van der Waals surface area contributed by atoms with Crippen LogP contribution in [0.3, 0.4) is 0 Å². The highest BCUT2D eigenvalue weighted by Crippen LogP contribution is 2.15. The number of carbonyl (C=O) groups is 1. The van der Waals surface area contributed by atoms with Crippen molar-refractivity contribution in [1.82, 2.24) is 9.80 Å². The third-order valence-electron chi connectivity index (χ3n) is 4.07. The second-order valence-corrected chi connectivity index (χ2v) is 6.45. The summed E-state index contributed by atoms with van der Waals surface area (Å²) in [7, 11) is 2.02. The van der Waals surface area contributed by atoms with Gasteiger partial charge in [-0.1, -0.05) is 24.3 Å². The molecule has 0 unspecified atom stereocenters. The second-order valence-electron chi connectivity index (χ2n) is 6.45. The lowest BCUT2D eigenvalue weighted by atomic mass is 10.1. The fourth-order valence-corrected chi connectivity index (χ4v) is 2.70. The Balaban J connectivity index is 2.80. The van der Waals surface area contributed by atoms with E-state index in [9.17, 15) is 4.79 Å². The number of benzene rings is 1. The van der Waals surface area contributed by atoms with Crippen LogP contribution in [-0.4, -0.2) is 40.9 Å². The molecule has 0 fully saturated rings. The van der Waals surface area contributed by atoms with Crippen molar-refractivity contribution in [2.75, 3.05) is 7.05 Å². The largest absolute Gasteiger partial charge is 0.336 e. The number of nitrogens with zero attached hydrogens (tertiary/aromatic N) is 2. The van der Waals surface area contributed by atoms with E-state index in [-0.39, 0.29) is 24.0 Å². The van der Waals surface area contributed by atoms with Crippen LogP contribution in [0.25, 0.3) is 0 Å². The van der Waals surface area contributed by atoms with E-state index in [2.05, 4.69) is 57.7 Å². The summed E-state index contributed by atoms with van der Waals surface area (Å²) in [5, 5.41) is 0. The Bertz CT molecular complexity index is 460. The van der Waals surface area contributed by atoms with Crippen LogP contribution >= 0.6 is 0 Å². The summed E-state index contributed by atoms with van der Waals surface area (Å²) < 4.78 is 0. The zero-order chi connectivity index (χ0) is 16.2. The highest BCUT2D eigenvalue weighted by Gasteiger charge is 2.27. The van der Waals surface area contributed by atoms with Gasteiger partial charge in [0.15, 0.2) is 0 Å². The van der Waals surface area contributed by atoms with Crippen molar-refractivity contribution in [3.05, 3.63) is 35.4 Å². The van der Waals surface area contributed by atoms with Crippen molar-refractivity contribution in [3.63, 3.8) is 0 Å². The molecule has 0 spiro atoms. The number of hydrogen-bond acceptors (Lipinski definition) is 2. The Morgan fingerprint density at radius 2 is 1.57 bits per heavy atom. The highest BCUT2D eigenvalue weighted by molar-refractivity contribution is 5.82. The van der Waals surface area contributed by atoms with Gasteiger partial charge in [0, 0.05) is 18.6 Å². The van der Waals surface area contributed by atoms with E-state index in [0.717, 1.165) is 6.54 Å². The van der Waals surface area contributed by atoms with Crippen LogP contribution in [-0.2, 0) is 11.3 Å². The van der Waals surface area contributed by atoms with Crippen LogP contribution in [0.1, 0.15) is 45.7 Å². The quantitative estimate of drug-likeness (QED) is 0.801. The molecule has 0 aromatic heterocycles. The van der Waals surface area contributed by atoms with E-state index >= 15 is 0 Å². The van der Waals surface area contributed by atoms with Gasteiger partial charge in [-0.05, 0) is 59.7 Å². The number of amides is 1. The van der Waals surface area contributed by atoms with Gasteiger partial charge in [0.2, 0.25) is 5.91 Å². The summed E-state index contributed by atoms with van der Waals surface area (Å²) in [5.74, 6) is 0.205. The molecule has 21 heavy (non-hydrogen) atoms. The molecule has 0 aliphatic rings. The van der Waals surface area contributed by atoms with Crippen LogP contribution in [0, 0.1) is 6.92 Å². The van der Waals surface area contributed by atoms with Crippen molar-refractivity contribution < 1.29 is 4.79 Å². The van der Waals surface area contributed by atoms with Crippen molar-refractivity contribution in [2.24, 2.45) is 0 Å². The van der Waals surface area contributed by atoms with Gasteiger partial charge < -0.3 is 4.90 Å². The van der Waals surface area contributed by atoms with E-state index in [0.29, 0.717) is 0 Å². The normalized spacial score (nSPS) is 13.0. The van der Waals surface area contributed by atoms with Crippen LogP contribution in [0.2, 0.25) is 0 Å². The van der Waals surface area contributed by atoms with Crippen molar-refractivity contribution in [3.8, 4) is 0 Å². The molecular weight excluding hydrogens is 260 g/mol. The van der Waals surface area contributed by atoms with Crippen LogP contribution in [0.15, 0.2) is 24.3 Å².